The second-order valence-corrected chi connectivity index (χ2v) is 9.84. The minimum absolute atomic E-state index is 0.0267. The molecule has 1 unspecified atom stereocenters. The summed E-state index contributed by atoms with van der Waals surface area (Å²) in [5.74, 6) is 0.338. The van der Waals surface area contributed by atoms with Crippen molar-refractivity contribution in [3.05, 3.63) is 66.0 Å². The lowest BCUT2D eigenvalue weighted by Crippen LogP contribution is -2.48. The van der Waals surface area contributed by atoms with E-state index in [4.69, 9.17) is 0 Å². The maximum atomic E-state index is 12.9. The zero-order valence-electron chi connectivity index (χ0n) is 17.9. The summed E-state index contributed by atoms with van der Waals surface area (Å²) in [5, 5.41) is 12.0. The van der Waals surface area contributed by atoms with Crippen molar-refractivity contribution in [2.45, 2.75) is 37.1 Å². The quantitative estimate of drug-likeness (QED) is 0.558. The normalized spacial score (nSPS) is 16.4. The highest BCUT2D eigenvalue weighted by Gasteiger charge is 2.29. The molecule has 8 nitrogen and oxygen atoms in total. The largest absolute Gasteiger partial charge is 0.369 e. The van der Waals surface area contributed by atoms with Crippen LogP contribution in [0.4, 0.5) is 5.69 Å². The maximum absolute atomic E-state index is 12.9. The number of benzene rings is 2. The molecule has 2 aromatic carbocycles. The highest BCUT2D eigenvalue weighted by atomic mass is 32.2. The molecule has 3 aromatic rings. The van der Waals surface area contributed by atoms with Crippen LogP contribution in [-0.4, -0.2) is 59.7 Å². The summed E-state index contributed by atoms with van der Waals surface area (Å²) in [5.41, 5.74) is 2.24. The van der Waals surface area contributed by atoms with Crippen LogP contribution in [0.1, 0.15) is 30.8 Å². The van der Waals surface area contributed by atoms with Gasteiger partial charge in [-0.15, -0.1) is 5.10 Å². The van der Waals surface area contributed by atoms with E-state index in [-0.39, 0.29) is 16.8 Å². The standard InChI is InChI=1S/C22H28N6O2S/c1-3-21(27-15-13-26(14-16-27)19-7-5-4-6-8-19)22-23-24-25-28(22)17-31(29,30)20-11-9-18(2)10-12-20/h4-12,21H,3,13-17H2,1-2H3. The maximum Gasteiger partial charge on any atom is 0.198 e. The summed E-state index contributed by atoms with van der Waals surface area (Å²) >= 11 is 0. The second kappa shape index (κ2) is 9.15. The Bertz CT molecular complexity index is 1090. The Morgan fingerprint density at radius 3 is 2.29 bits per heavy atom. The van der Waals surface area contributed by atoms with Crippen LogP contribution < -0.4 is 4.90 Å². The van der Waals surface area contributed by atoms with Gasteiger partial charge in [-0.1, -0.05) is 42.8 Å². The fraction of sp³-hybridized carbons (Fsp3) is 0.409. The fourth-order valence-corrected chi connectivity index (χ4v) is 5.26. The van der Waals surface area contributed by atoms with Gasteiger partial charge in [0, 0.05) is 31.9 Å². The van der Waals surface area contributed by atoms with Gasteiger partial charge in [-0.3, -0.25) is 4.90 Å². The topological polar surface area (TPSA) is 84.2 Å². The van der Waals surface area contributed by atoms with Gasteiger partial charge in [0.25, 0.3) is 0 Å². The summed E-state index contributed by atoms with van der Waals surface area (Å²) < 4.78 is 27.3. The minimum Gasteiger partial charge on any atom is -0.369 e. The molecule has 164 valence electrons. The number of aryl methyl sites for hydroxylation is 1. The molecule has 4 rings (SSSR count). The molecule has 1 fully saturated rings. The van der Waals surface area contributed by atoms with E-state index in [0.717, 1.165) is 38.2 Å². The van der Waals surface area contributed by atoms with Crippen molar-refractivity contribution in [3.8, 4) is 0 Å². The van der Waals surface area contributed by atoms with E-state index >= 15 is 0 Å². The van der Waals surface area contributed by atoms with Crippen molar-refractivity contribution in [2.24, 2.45) is 0 Å². The lowest BCUT2D eigenvalue weighted by Gasteiger charge is -2.39. The summed E-state index contributed by atoms with van der Waals surface area (Å²) in [4.78, 5) is 5.00. The zero-order chi connectivity index (χ0) is 21.8. The number of hydrogen-bond acceptors (Lipinski definition) is 7. The molecule has 0 saturated carbocycles. The van der Waals surface area contributed by atoms with Gasteiger partial charge >= 0.3 is 0 Å². The number of tetrazole rings is 1. The molecule has 0 bridgehead atoms. The lowest BCUT2D eigenvalue weighted by molar-refractivity contribution is 0.170. The predicted octanol–water partition coefficient (Wildman–Crippen LogP) is 2.69. The van der Waals surface area contributed by atoms with Crippen molar-refractivity contribution < 1.29 is 8.42 Å². The van der Waals surface area contributed by atoms with Crippen LogP contribution in [0.2, 0.25) is 0 Å². The first-order valence-corrected chi connectivity index (χ1v) is 12.2. The van der Waals surface area contributed by atoms with E-state index in [0.29, 0.717) is 5.82 Å². The zero-order valence-corrected chi connectivity index (χ0v) is 18.7. The molecule has 0 radical (unpaired) electrons. The molecule has 31 heavy (non-hydrogen) atoms. The highest BCUT2D eigenvalue weighted by molar-refractivity contribution is 7.90. The van der Waals surface area contributed by atoms with Crippen LogP contribution in [0.5, 0.6) is 0 Å². The summed E-state index contributed by atoms with van der Waals surface area (Å²) in [6, 6.07) is 17.2. The average Bonchev–Trinajstić information content (AvgIpc) is 3.23. The van der Waals surface area contributed by atoms with Gasteiger partial charge in [0.2, 0.25) is 0 Å². The number of para-hydroxylation sites is 1. The first-order chi connectivity index (χ1) is 15.0. The molecular weight excluding hydrogens is 412 g/mol. The average molecular weight is 441 g/mol. The monoisotopic (exact) mass is 440 g/mol. The number of aromatic nitrogens is 4. The van der Waals surface area contributed by atoms with E-state index in [1.54, 1.807) is 24.3 Å². The number of rotatable bonds is 7. The molecule has 0 amide bonds. The Morgan fingerprint density at radius 2 is 1.65 bits per heavy atom. The minimum atomic E-state index is -3.55. The second-order valence-electron chi connectivity index (χ2n) is 7.88. The number of anilines is 1. The van der Waals surface area contributed by atoms with Crippen molar-refractivity contribution >= 4 is 15.5 Å². The first-order valence-electron chi connectivity index (χ1n) is 10.6. The van der Waals surface area contributed by atoms with Crippen LogP contribution in [0, 0.1) is 6.92 Å². The Labute approximate surface area is 183 Å². The van der Waals surface area contributed by atoms with Gasteiger partial charge in [0.1, 0.15) is 0 Å². The van der Waals surface area contributed by atoms with E-state index < -0.39 is 9.84 Å². The van der Waals surface area contributed by atoms with E-state index in [1.165, 1.54) is 10.4 Å². The smallest absolute Gasteiger partial charge is 0.198 e. The van der Waals surface area contributed by atoms with Gasteiger partial charge in [-0.2, -0.15) is 0 Å². The third-order valence-corrected chi connectivity index (χ3v) is 7.37. The number of nitrogens with zero attached hydrogens (tertiary/aromatic N) is 6. The van der Waals surface area contributed by atoms with E-state index in [9.17, 15) is 8.42 Å². The molecule has 2 heterocycles. The first kappa shape index (κ1) is 21.5. The Balaban J connectivity index is 1.48. The van der Waals surface area contributed by atoms with Crippen molar-refractivity contribution in [1.29, 1.82) is 0 Å². The number of sulfone groups is 1. The third kappa shape index (κ3) is 4.77. The third-order valence-electron chi connectivity index (χ3n) is 5.79. The Kier molecular flexibility index (Phi) is 6.33. The van der Waals surface area contributed by atoms with E-state index in [2.05, 4.69) is 56.5 Å². The van der Waals surface area contributed by atoms with Crippen LogP contribution in [0.25, 0.3) is 0 Å². The van der Waals surface area contributed by atoms with Gasteiger partial charge in [0.15, 0.2) is 21.5 Å². The summed E-state index contributed by atoms with van der Waals surface area (Å²) in [7, 11) is -3.55. The van der Waals surface area contributed by atoms with Crippen molar-refractivity contribution in [1.82, 2.24) is 25.1 Å². The Morgan fingerprint density at radius 1 is 0.968 bits per heavy atom. The van der Waals surface area contributed by atoms with Gasteiger partial charge in [0.05, 0.1) is 10.9 Å². The molecular formula is C22H28N6O2S. The number of piperazine rings is 1. The summed E-state index contributed by atoms with van der Waals surface area (Å²) in [6.45, 7) is 7.56. The van der Waals surface area contributed by atoms with Crippen LogP contribution >= 0.6 is 0 Å². The predicted molar refractivity (Wildman–Crippen MR) is 119 cm³/mol. The van der Waals surface area contributed by atoms with E-state index in [1.807, 2.05) is 13.0 Å². The molecule has 0 spiro atoms. The van der Waals surface area contributed by atoms with Crippen LogP contribution in [0.3, 0.4) is 0 Å². The Hall–Kier alpha value is -2.78. The molecule has 1 aliphatic rings. The molecule has 1 saturated heterocycles. The van der Waals surface area contributed by atoms with Crippen molar-refractivity contribution in [2.75, 3.05) is 31.1 Å². The molecule has 0 N–H and O–H groups in total. The molecule has 9 heteroatoms. The van der Waals surface area contributed by atoms with Gasteiger partial charge < -0.3 is 4.90 Å². The summed E-state index contributed by atoms with van der Waals surface area (Å²) in [6.07, 6.45) is 0.802. The van der Waals surface area contributed by atoms with Gasteiger partial charge in [-0.05, 0) is 48.0 Å². The highest BCUT2D eigenvalue weighted by Crippen LogP contribution is 2.26. The molecule has 1 atom stereocenters. The van der Waals surface area contributed by atoms with Crippen LogP contribution in [0.15, 0.2) is 59.5 Å². The lowest BCUT2D eigenvalue weighted by atomic mass is 10.1. The van der Waals surface area contributed by atoms with Crippen LogP contribution in [-0.2, 0) is 15.7 Å². The van der Waals surface area contributed by atoms with Gasteiger partial charge in [-0.25, -0.2) is 13.1 Å². The van der Waals surface area contributed by atoms with Crippen molar-refractivity contribution in [3.63, 3.8) is 0 Å². The number of hydrogen-bond donors (Lipinski definition) is 0. The fourth-order valence-electron chi connectivity index (χ4n) is 4.06. The molecule has 1 aliphatic heterocycles. The molecule has 1 aromatic heterocycles. The SMILES string of the molecule is CCC(c1nnnn1CS(=O)(=O)c1ccc(C)cc1)N1CCN(c2ccccc2)CC1. The molecule has 0 aliphatic carbocycles.